The number of hydrogen-bond donors (Lipinski definition) is 3. The van der Waals surface area contributed by atoms with E-state index in [9.17, 15) is 4.79 Å². The number of carbonyl (C=O) groups is 1. The number of aromatic nitrogens is 2. The highest BCUT2D eigenvalue weighted by molar-refractivity contribution is 5.94. The third-order valence-electron chi connectivity index (χ3n) is 9.78. The summed E-state index contributed by atoms with van der Waals surface area (Å²) in [5.74, 6) is 2.16. The smallest absolute Gasteiger partial charge is 0.249 e. The molecule has 1 aromatic heterocycles. The Hall–Kier alpha value is -2.62. The topological polar surface area (TPSA) is 96.8 Å². The lowest BCUT2D eigenvalue weighted by Crippen LogP contribution is -2.43. The molecule has 246 valence electrons. The summed E-state index contributed by atoms with van der Waals surface area (Å²) < 4.78 is 0. The van der Waals surface area contributed by atoms with Gasteiger partial charge >= 0.3 is 0 Å². The quantitative estimate of drug-likeness (QED) is 0.262. The highest BCUT2D eigenvalue weighted by atomic mass is 16.2. The molecule has 1 spiro atoms. The van der Waals surface area contributed by atoms with Crippen LogP contribution < -0.4 is 11.1 Å². The molecule has 3 aliphatic rings. The fraction of sp³-hybridized carbons (Fsp3) is 0.714. The summed E-state index contributed by atoms with van der Waals surface area (Å²) in [6.07, 6.45) is 18.9. The third kappa shape index (κ3) is 10.5. The van der Waals surface area contributed by atoms with Crippen LogP contribution in [-0.4, -0.2) is 115 Å². The van der Waals surface area contributed by atoms with Crippen molar-refractivity contribution in [2.24, 2.45) is 23.0 Å². The Labute approximate surface area is 267 Å². The van der Waals surface area contributed by atoms with Crippen LogP contribution >= 0.6 is 0 Å². The number of likely N-dealkylation sites (N-methyl/N-ethyl adjacent to an activating group) is 1. The SMILES string of the molecule is CC(C)CN1CCC2(CC1)CCN(CC1=CC=C(C(=O)N(CCN(C)C)CC(Cc3ncc[nH]3)CC(C)N/C=C\N)CC1)C2. The molecule has 9 heteroatoms. The number of nitrogens with zero attached hydrogens (tertiary/aromatic N) is 5. The number of aromatic amines is 1. The van der Waals surface area contributed by atoms with Gasteiger partial charge in [0.15, 0.2) is 0 Å². The number of H-pyrrole nitrogens is 1. The van der Waals surface area contributed by atoms with Crippen molar-refractivity contribution < 1.29 is 4.79 Å². The number of piperidine rings is 1. The summed E-state index contributed by atoms with van der Waals surface area (Å²) >= 11 is 0. The standard InChI is InChI=1S/C35H60N8O/c1-28(2)24-41-17-10-35(11-18-41)12-19-42(27-35)25-30-6-8-32(9-7-30)34(44)43(21-20-40(4)5)26-31(22-29(3)37-14-13-36)23-33-38-15-16-39-33/h6,8,13-16,28-29,31,37H,7,9-12,17-27,36H2,1-5H3,(H,38,39)/b14-13-. The molecule has 0 bridgehead atoms. The molecule has 4 N–H and O–H groups in total. The Morgan fingerprint density at radius 1 is 1.11 bits per heavy atom. The second-order valence-electron chi connectivity index (χ2n) is 14.5. The van der Waals surface area contributed by atoms with Crippen LogP contribution in [0, 0.1) is 17.3 Å². The summed E-state index contributed by atoms with van der Waals surface area (Å²) in [5.41, 5.74) is 8.50. The van der Waals surface area contributed by atoms with Crippen LogP contribution in [0.4, 0.5) is 0 Å². The summed E-state index contributed by atoms with van der Waals surface area (Å²) in [4.78, 5) is 31.3. The van der Waals surface area contributed by atoms with E-state index in [0.29, 0.717) is 18.5 Å². The molecular weight excluding hydrogens is 548 g/mol. The molecule has 3 heterocycles. The third-order valence-corrected chi connectivity index (χ3v) is 9.78. The van der Waals surface area contributed by atoms with Crippen molar-refractivity contribution in [2.45, 2.75) is 71.8 Å². The number of hydrogen-bond acceptors (Lipinski definition) is 7. The van der Waals surface area contributed by atoms with E-state index in [1.165, 1.54) is 63.8 Å². The van der Waals surface area contributed by atoms with Gasteiger partial charge in [-0.05, 0) is 96.4 Å². The molecule has 0 aromatic carbocycles. The second kappa shape index (κ2) is 16.6. The van der Waals surface area contributed by atoms with E-state index in [2.05, 4.69) is 81.9 Å². The first-order valence-electron chi connectivity index (χ1n) is 17.0. The molecule has 44 heavy (non-hydrogen) atoms. The van der Waals surface area contributed by atoms with E-state index in [1.807, 2.05) is 6.20 Å². The minimum absolute atomic E-state index is 0.183. The molecule has 1 amide bonds. The molecule has 0 saturated carbocycles. The van der Waals surface area contributed by atoms with E-state index < -0.39 is 0 Å². The van der Waals surface area contributed by atoms with E-state index in [0.717, 1.165) is 56.1 Å². The van der Waals surface area contributed by atoms with Gasteiger partial charge in [-0.3, -0.25) is 9.69 Å². The lowest BCUT2D eigenvalue weighted by Gasteiger charge is -2.40. The van der Waals surface area contributed by atoms with Crippen LogP contribution in [-0.2, 0) is 11.2 Å². The van der Waals surface area contributed by atoms with Gasteiger partial charge in [-0.2, -0.15) is 0 Å². The van der Waals surface area contributed by atoms with Gasteiger partial charge in [0, 0.05) is 82.1 Å². The van der Waals surface area contributed by atoms with Crippen LogP contribution in [0.25, 0.3) is 0 Å². The molecule has 2 unspecified atom stereocenters. The van der Waals surface area contributed by atoms with Crippen molar-refractivity contribution in [3.63, 3.8) is 0 Å². The molecule has 2 saturated heterocycles. The molecule has 1 aliphatic carbocycles. The number of allylic oxidation sites excluding steroid dienone is 2. The first-order valence-corrected chi connectivity index (χ1v) is 17.0. The van der Waals surface area contributed by atoms with Gasteiger partial charge in [0.05, 0.1) is 0 Å². The Balaban J connectivity index is 1.36. The number of nitrogens with one attached hydrogen (secondary N) is 2. The zero-order valence-electron chi connectivity index (χ0n) is 28.2. The monoisotopic (exact) mass is 608 g/mol. The van der Waals surface area contributed by atoms with Gasteiger partial charge in [-0.25, -0.2) is 4.98 Å². The number of imidazole rings is 1. The van der Waals surface area contributed by atoms with Crippen molar-refractivity contribution in [1.82, 2.24) is 34.9 Å². The zero-order chi connectivity index (χ0) is 31.5. The fourth-order valence-electron chi connectivity index (χ4n) is 7.38. The van der Waals surface area contributed by atoms with E-state index in [-0.39, 0.29) is 17.9 Å². The van der Waals surface area contributed by atoms with Gasteiger partial charge in [0.1, 0.15) is 5.82 Å². The lowest BCUT2D eigenvalue weighted by atomic mass is 9.77. The Bertz CT molecular complexity index is 1100. The van der Waals surface area contributed by atoms with Gasteiger partial charge in [0.2, 0.25) is 5.91 Å². The zero-order valence-corrected chi connectivity index (χ0v) is 28.2. The maximum Gasteiger partial charge on any atom is 0.249 e. The average Bonchev–Trinajstić information content (AvgIpc) is 3.65. The van der Waals surface area contributed by atoms with Crippen molar-refractivity contribution in [2.75, 3.05) is 73.0 Å². The summed E-state index contributed by atoms with van der Waals surface area (Å²) in [6, 6.07) is 0.234. The van der Waals surface area contributed by atoms with Crippen LogP contribution in [0.15, 0.2) is 48.1 Å². The summed E-state index contributed by atoms with van der Waals surface area (Å²) in [5, 5.41) is 3.35. The Morgan fingerprint density at radius 2 is 1.86 bits per heavy atom. The molecule has 0 radical (unpaired) electrons. The van der Waals surface area contributed by atoms with Gasteiger partial charge in [-0.15, -0.1) is 0 Å². The number of nitrogens with two attached hydrogens (primary N) is 1. The highest BCUT2D eigenvalue weighted by Crippen LogP contribution is 2.41. The maximum atomic E-state index is 14.0. The molecule has 2 atom stereocenters. The van der Waals surface area contributed by atoms with Gasteiger partial charge in [0.25, 0.3) is 0 Å². The van der Waals surface area contributed by atoms with Crippen LogP contribution in [0.5, 0.6) is 0 Å². The minimum Gasteiger partial charge on any atom is -0.403 e. The fourth-order valence-corrected chi connectivity index (χ4v) is 7.38. The van der Waals surface area contributed by atoms with Crippen molar-refractivity contribution >= 4 is 5.91 Å². The minimum atomic E-state index is 0.183. The van der Waals surface area contributed by atoms with Crippen molar-refractivity contribution in [3.05, 3.63) is 53.9 Å². The average molecular weight is 609 g/mol. The number of rotatable bonds is 16. The molecule has 2 aliphatic heterocycles. The predicted molar refractivity (Wildman–Crippen MR) is 181 cm³/mol. The maximum absolute atomic E-state index is 14.0. The molecular formula is C35H60N8O. The molecule has 9 nitrogen and oxygen atoms in total. The number of likely N-dealkylation sites (tertiary alicyclic amines) is 2. The van der Waals surface area contributed by atoms with E-state index in [1.54, 1.807) is 12.4 Å². The normalized spacial score (nSPS) is 20.8. The van der Waals surface area contributed by atoms with Crippen molar-refractivity contribution in [1.29, 1.82) is 0 Å². The first kappa shape index (κ1) is 34.3. The van der Waals surface area contributed by atoms with Gasteiger partial charge < -0.3 is 30.7 Å². The predicted octanol–water partition coefficient (Wildman–Crippen LogP) is 3.85. The largest absolute Gasteiger partial charge is 0.403 e. The van der Waals surface area contributed by atoms with Crippen LogP contribution in [0.1, 0.15) is 65.1 Å². The lowest BCUT2D eigenvalue weighted by molar-refractivity contribution is -0.128. The van der Waals surface area contributed by atoms with E-state index in [4.69, 9.17) is 5.73 Å². The molecule has 4 rings (SSSR count). The number of carbonyl (C=O) groups excluding carboxylic acids is 1. The first-order chi connectivity index (χ1) is 21.1. The van der Waals surface area contributed by atoms with Crippen LogP contribution in [0.2, 0.25) is 0 Å². The highest BCUT2D eigenvalue weighted by Gasteiger charge is 2.40. The summed E-state index contributed by atoms with van der Waals surface area (Å²) in [7, 11) is 4.14. The second-order valence-corrected chi connectivity index (χ2v) is 14.5. The molecule has 2 fully saturated rings. The van der Waals surface area contributed by atoms with Crippen LogP contribution in [0.3, 0.4) is 0 Å². The summed E-state index contributed by atoms with van der Waals surface area (Å²) in [6.45, 7) is 16.3. The van der Waals surface area contributed by atoms with E-state index >= 15 is 0 Å². The number of amides is 1. The Kier molecular flexibility index (Phi) is 12.9. The Morgan fingerprint density at radius 3 is 2.48 bits per heavy atom. The van der Waals surface area contributed by atoms with Crippen molar-refractivity contribution in [3.8, 4) is 0 Å². The molecule has 1 aromatic rings. The van der Waals surface area contributed by atoms with Gasteiger partial charge in [-0.1, -0.05) is 31.6 Å².